The average Bonchev–Trinajstić information content (AvgIpc) is 3.11. The van der Waals surface area contributed by atoms with Crippen LogP contribution in [0.25, 0.3) is 0 Å². The largest absolute Gasteiger partial charge is 0.378 e. The number of allylic oxidation sites excluding steroid dienone is 1. The molecule has 0 bridgehead atoms. The van der Waals surface area contributed by atoms with Gasteiger partial charge >= 0.3 is 0 Å². The van der Waals surface area contributed by atoms with Crippen LogP contribution in [0, 0.1) is 46.3 Å². The molecule has 0 aromatic carbocycles. The van der Waals surface area contributed by atoms with Gasteiger partial charge in [0.25, 0.3) is 0 Å². The van der Waals surface area contributed by atoms with Gasteiger partial charge in [-0.15, -0.1) is 0 Å². The van der Waals surface area contributed by atoms with E-state index in [0.29, 0.717) is 16.9 Å². The summed E-state index contributed by atoms with van der Waals surface area (Å²) in [5.74, 6) is 5.62. The highest BCUT2D eigenvalue weighted by Crippen LogP contribution is 2.67. The fourth-order valence-electron chi connectivity index (χ4n) is 9.19. The Bertz CT molecular complexity index is 649. The first-order valence-corrected chi connectivity index (χ1v) is 14.6. The second kappa shape index (κ2) is 10.1. The lowest BCUT2D eigenvalue weighted by molar-refractivity contribution is -0.0640. The predicted molar refractivity (Wildman–Crippen MR) is 138 cm³/mol. The summed E-state index contributed by atoms with van der Waals surface area (Å²) in [5.41, 5.74) is 2.86. The molecule has 4 rings (SSSR count). The van der Waals surface area contributed by atoms with E-state index in [9.17, 15) is 0 Å². The van der Waals surface area contributed by atoms with Crippen molar-refractivity contribution in [3.63, 3.8) is 0 Å². The standard InChI is InChI=1S/C31H54O/c1-7-8-20-32-25-16-18-30(5)24(21-25)12-13-26-28-15-14-27(23(4)11-9-10-22(2)3)31(28,6)19-17-29(26)30/h12,22-23,25-29H,7-11,13-21H2,1-6H3/t23-,25?,26?,27-,28?,29?,30+,31-/m1/s1. The second-order valence-corrected chi connectivity index (χ2v) is 13.4. The van der Waals surface area contributed by atoms with Gasteiger partial charge in [-0.2, -0.15) is 0 Å². The smallest absolute Gasteiger partial charge is 0.0612 e. The SMILES string of the molecule is CCCCOC1CC[C@@]2(C)C(=CCC3C2CC[C@@]2(C)C3CC[C@@H]2[C@H](C)CCCC(C)C)C1. The highest BCUT2D eigenvalue weighted by atomic mass is 16.5. The summed E-state index contributed by atoms with van der Waals surface area (Å²) in [4.78, 5) is 0. The lowest BCUT2D eigenvalue weighted by Gasteiger charge is -2.58. The van der Waals surface area contributed by atoms with Gasteiger partial charge in [0.2, 0.25) is 0 Å². The molecule has 0 heterocycles. The zero-order valence-electron chi connectivity index (χ0n) is 22.4. The van der Waals surface area contributed by atoms with Crippen molar-refractivity contribution in [3.05, 3.63) is 11.6 Å². The summed E-state index contributed by atoms with van der Waals surface area (Å²) in [6.45, 7) is 16.0. The first-order valence-electron chi connectivity index (χ1n) is 14.6. The van der Waals surface area contributed by atoms with Crippen molar-refractivity contribution < 1.29 is 4.74 Å². The van der Waals surface area contributed by atoms with Crippen molar-refractivity contribution in [3.8, 4) is 0 Å². The topological polar surface area (TPSA) is 9.23 Å². The van der Waals surface area contributed by atoms with Gasteiger partial charge < -0.3 is 4.74 Å². The maximum atomic E-state index is 6.29. The van der Waals surface area contributed by atoms with E-state index in [1.807, 2.05) is 0 Å². The van der Waals surface area contributed by atoms with E-state index >= 15 is 0 Å². The minimum Gasteiger partial charge on any atom is -0.378 e. The van der Waals surface area contributed by atoms with E-state index in [1.54, 1.807) is 5.57 Å². The number of hydrogen-bond donors (Lipinski definition) is 0. The molecule has 0 aliphatic heterocycles. The first-order chi connectivity index (χ1) is 15.3. The molecule has 0 amide bonds. The first kappa shape index (κ1) is 24.8. The van der Waals surface area contributed by atoms with E-state index in [-0.39, 0.29) is 0 Å². The minimum absolute atomic E-state index is 0.468. The van der Waals surface area contributed by atoms with Gasteiger partial charge in [0.1, 0.15) is 0 Å². The predicted octanol–water partition coefficient (Wildman–Crippen LogP) is 9.21. The molecular weight excluding hydrogens is 388 g/mol. The summed E-state index contributed by atoms with van der Waals surface area (Å²) in [7, 11) is 0. The van der Waals surface area contributed by atoms with E-state index in [0.717, 1.165) is 42.1 Å². The summed E-state index contributed by atoms with van der Waals surface area (Å²) >= 11 is 0. The van der Waals surface area contributed by atoms with Gasteiger partial charge in [0.05, 0.1) is 6.10 Å². The van der Waals surface area contributed by atoms with Gasteiger partial charge in [-0.3, -0.25) is 0 Å². The molecule has 8 atom stereocenters. The molecule has 32 heavy (non-hydrogen) atoms. The Morgan fingerprint density at radius 3 is 2.53 bits per heavy atom. The molecular formula is C31H54O. The summed E-state index contributed by atoms with van der Waals surface area (Å²) in [6, 6.07) is 0. The van der Waals surface area contributed by atoms with Crippen molar-refractivity contribution in [1.29, 1.82) is 0 Å². The molecule has 3 saturated carbocycles. The van der Waals surface area contributed by atoms with Gasteiger partial charge in [-0.05, 0) is 104 Å². The van der Waals surface area contributed by atoms with Crippen molar-refractivity contribution in [2.75, 3.05) is 6.61 Å². The van der Waals surface area contributed by atoms with Gasteiger partial charge in [-0.25, -0.2) is 0 Å². The fourth-order valence-corrected chi connectivity index (χ4v) is 9.19. The molecule has 1 heteroatoms. The van der Waals surface area contributed by atoms with Crippen molar-refractivity contribution in [2.24, 2.45) is 46.3 Å². The van der Waals surface area contributed by atoms with Crippen molar-refractivity contribution >= 4 is 0 Å². The van der Waals surface area contributed by atoms with Crippen molar-refractivity contribution in [2.45, 2.75) is 131 Å². The highest BCUT2D eigenvalue weighted by molar-refractivity contribution is 5.25. The van der Waals surface area contributed by atoms with Crippen LogP contribution in [0.5, 0.6) is 0 Å². The van der Waals surface area contributed by atoms with E-state index in [4.69, 9.17) is 4.74 Å². The maximum absolute atomic E-state index is 6.29. The summed E-state index contributed by atoms with van der Waals surface area (Å²) in [5, 5.41) is 0. The molecule has 4 aliphatic carbocycles. The molecule has 0 spiro atoms. The van der Waals surface area contributed by atoms with Crippen LogP contribution in [0.3, 0.4) is 0 Å². The van der Waals surface area contributed by atoms with Gasteiger partial charge in [-0.1, -0.05) is 78.9 Å². The Morgan fingerprint density at radius 1 is 0.969 bits per heavy atom. The zero-order chi connectivity index (χ0) is 22.9. The third-order valence-corrected chi connectivity index (χ3v) is 11.1. The average molecular weight is 443 g/mol. The molecule has 0 saturated heterocycles. The lowest BCUT2D eigenvalue weighted by atomic mass is 9.47. The second-order valence-electron chi connectivity index (χ2n) is 13.4. The van der Waals surface area contributed by atoms with Crippen LogP contribution in [0.1, 0.15) is 125 Å². The van der Waals surface area contributed by atoms with Crippen molar-refractivity contribution in [1.82, 2.24) is 0 Å². The number of ether oxygens (including phenoxy) is 1. The van der Waals surface area contributed by atoms with Crippen LogP contribution in [0.4, 0.5) is 0 Å². The number of hydrogen-bond acceptors (Lipinski definition) is 1. The lowest BCUT2D eigenvalue weighted by Crippen LogP contribution is -2.51. The summed E-state index contributed by atoms with van der Waals surface area (Å²) < 4.78 is 6.29. The Kier molecular flexibility index (Phi) is 7.86. The summed E-state index contributed by atoms with van der Waals surface area (Å²) in [6.07, 6.45) is 21.2. The van der Waals surface area contributed by atoms with Crippen LogP contribution < -0.4 is 0 Å². The normalized spacial score (nSPS) is 42.2. The Labute approximate surface area is 200 Å². The molecule has 0 aromatic rings. The number of fused-ring (bicyclic) bond motifs is 5. The minimum atomic E-state index is 0.468. The molecule has 4 unspecified atom stereocenters. The zero-order valence-corrected chi connectivity index (χ0v) is 22.4. The molecule has 4 aliphatic rings. The van der Waals surface area contributed by atoms with Gasteiger partial charge in [0, 0.05) is 6.61 Å². The molecule has 0 N–H and O–H groups in total. The Balaban J connectivity index is 1.42. The molecule has 3 fully saturated rings. The Morgan fingerprint density at radius 2 is 1.78 bits per heavy atom. The molecule has 1 nitrogen and oxygen atoms in total. The Hall–Kier alpha value is -0.300. The van der Waals surface area contributed by atoms with Crippen LogP contribution in [-0.2, 0) is 4.74 Å². The molecule has 0 radical (unpaired) electrons. The van der Waals surface area contributed by atoms with Crippen LogP contribution in [0.15, 0.2) is 11.6 Å². The van der Waals surface area contributed by atoms with E-state index < -0.39 is 0 Å². The molecule has 184 valence electrons. The third kappa shape index (κ3) is 4.63. The van der Waals surface area contributed by atoms with Crippen LogP contribution in [0.2, 0.25) is 0 Å². The monoisotopic (exact) mass is 442 g/mol. The maximum Gasteiger partial charge on any atom is 0.0612 e. The quantitative estimate of drug-likeness (QED) is 0.255. The van der Waals surface area contributed by atoms with E-state index in [2.05, 4.69) is 47.6 Å². The van der Waals surface area contributed by atoms with Crippen LogP contribution >= 0.6 is 0 Å². The third-order valence-electron chi connectivity index (χ3n) is 11.1. The number of rotatable bonds is 9. The highest BCUT2D eigenvalue weighted by Gasteiger charge is 2.59. The van der Waals surface area contributed by atoms with Crippen LogP contribution in [-0.4, -0.2) is 12.7 Å². The molecule has 0 aromatic heterocycles. The van der Waals surface area contributed by atoms with E-state index in [1.165, 1.54) is 83.5 Å². The van der Waals surface area contributed by atoms with Gasteiger partial charge in [0.15, 0.2) is 0 Å². The fraction of sp³-hybridized carbons (Fsp3) is 0.935. The number of unbranched alkanes of at least 4 members (excludes halogenated alkanes) is 1.